The lowest BCUT2D eigenvalue weighted by Gasteiger charge is -1.96. The molecule has 92 valence electrons. The van der Waals surface area contributed by atoms with Crippen LogP contribution in [-0.2, 0) is 0 Å². The van der Waals surface area contributed by atoms with Crippen molar-refractivity contribution in [2.45, 2.75) is 0 Å². The van der Waals surface area contributed by atoms with Crippen molar-refractivity contribution in [1.82, 2.24) is 0 Å². The molecule has 0 unspecified atom stereocenters. The molecule has 0 aliphatic heterocycles. The molecule has 0 aliphatic carbocycles. The number of hydrogen-bond acceptors (Lipinski definition) is 2. The van der Waals surface area contributed by atoms with Crippen LogP contribution < -0.4 is 0 Å². The van der Waals surface area contributed by atoms with E-state index in [1.165, 1.54) is 6.08 Å². The standard InChI is InChI=1S/C16H10BrNO/c17-15-8-3-12(4-9-15)5-10-16(19)14-6-1-13(11-18)2-7-14/h1-10H. The van der Waals surface area contributed by atoms with Gasteiger partial charge in [0.05, 0.1) is 11.6 Å². The van der Waals surface area contributed by atoms with E-state index in [0.717, 1.165) is 10.0 Å². The number of carbonyl (C=O) groups is 1. The number of benzene rings is 2. The van der Waals surface area contributed by atoms with Crippen LogP contribution in [0.25, 0.3) is 6.08 Å². The number of carbonyl (C=O) groups excluding carboxylic acids is 1. The fourth-order valence-corrected chi connectivity index (χ4v) is 1.82. The van der Waals surface area contributed by atoms with E-state index in [9.17, 15) is 4.79 Å². The SMILES string of the molecule is N#Cc1ccc(C(=O)C=Cc2ccc(Br)cc2)cc1. The summed E-state index contributed by atoms with van der Waals surface area (Å²) in [6.45, 7) is 0. The van der Waals surface area contributed by atoms with Gasteiger partial charge in [0.25, 0.3) is 0 Å². The van der Waals surface area contributed by atoms with Crippen LogP contribution in [0.3, 0.4) is 0 Å². The highest BCUT2D eigenvalue weighted by atomic mass is 79.9. The Labute approximate surface area is 120 Å². The number of nitrogens with zero attached hydrogens (tertiary/aromatic N) is 1. The van der Waals surface area contributed by atoms with Gasteiger partial charge >= 0.3 is 0 Å². The first-order valence-electron chi connectivity index (χ1n) is 5.67. The molecular formula is C16H10BrNO. The summed E-state index contributed by atoms with van der Waals surface area (Å²) in [4.78, 5) is 11.9. The predicted octanol–water partition coefficient (Wildman–Crippen LogP) is 4.22. The number of halogens is 1. The molecule has 0 N–H and O–H groups in total. The lowest BCUT2D eigenvalue weighted by Crippen LogP contribution is -1.93. The Balaban J connectivity index is 2.12. The summed E-state index contributed by atoms with van der Waals surface area (Å²) >= 11 is 3.36. The summed E-state index contributed by atoms with van der Waals surface area (Å²) in [5, 5.41) is 8.69. The Morgan fingerprint density at radius 1 is 1.05 bits per heavy atom. The van der Waals surface area contributed by atoms with Gasteiger partial charge in [-0.3, -0.25) is 4.79 Å². The van der Waals surface area contributed by atoms with Gasteiger partial charge in [-0.1, -0.05) is 34.1 Å². The summed E-state index contributed by atoms with van der Waals surface area (Å²) in [7, 11) is 0. The predicted molar refractivity (Wildman–Crippen MR) is 78.7 cm³/mol. The Morgan fingerprint density at radius 3 is 2.26 bits per heavy atom. The van der Waals surface area contributed by atoms with Gasteiger partial charge in [-0.2, -0.15) is 5.26 Å². The van der Waals surface area contributed by atoms with Crippen LogP contribution in [0.4, 0.5) is 0 Å². The van der Waals surface area contributed by atoms with Gasteiger partial charge in [0.2, 0.25) is 0 Å². The normalized spacial score (nSPS) is 10.3. The Hall–Kier alpha value is -2.18. The first kappa shape index (κ1) is 13.3. The molecule has 2 aromatic carbocycles. The molecule has 2 rings (SSSR count). The Kier molecular flexibility index (Phi) is 4.27. The molecule has 0 saturated carbocycles. The zero-order valence-corrected chi connectivity index (χ0v) is 11.6. The van der Waals surface area contributed by atoms with Gasteiger partial charge in [-0.25, -0.2) is 0 Å². The third-order valence-corrected chi connectivity index (χ3v) is 3.12. The van der Waals surface area contributed by atoms with Gasteiger partial charge in [0.15, 0.2) is 5.78 Å². The Morgan fingerprint density at radius 2 is 1.68 bits per heavy atom. The van der Waals surface area contributed by atoms with Crippen molar-refractivity contribution < 1.29 is 4.79 Å². The van der Waals surface area contributed by atoms with E-state index in [1.54, 1.807) is 30.3 Å². The zero-order chi connectivity index (χ0) is 13.7. The minimum atomic E-state index is -0.0765. The molecule has 0 spiro atoms. The molecule has 19 heavy (non-hydrogen) atoms. The number of ketones is 1. The Bertz CT molecular complexity index is 649. The van der Waals surface area contributed by atoms with E-state index in [4.69, 9.17) is 5.26 Å². The van der Waals surface area contributed by atoms with Crippen molar-refractivity contribution in [3.8, 4) is 6.07 Å². The second-order valence-electron chi connectivity index (χ2n) is 3.94. The van der Waals surface area contributed by atoms with Gasteiger partial charge in [-0.15, -0.1) is 0 Å². The fraction of sp³-hybridized carbons (Fsp3) is 0. The summed E-state index contributed by atoms with van der Waals surface area (Å²) in [6.07, 6.45) is 3.30. The minimum Gasteiger partial charge on any atom is -0.289 e. The molecule has 0 atom stereocenters. The van der Waals surface area contributed by atoms with Crippen LogP contribution in [0.1, 0.15) is 21.5 Å². The van der Waals surface area contributed by atoms with Crippen molar-refractivity contribution >= 4 is 27.8 Å². The van der Waals surface area contributed by atoms with Gasteiger partial charge in [-0.05, 0) is 48.0 Å². The maximum atomic E-state index is 11.9. The number of allylic oxidation sites excluding steroid dienone is 1. The maximum absolute atomic E-state index is 11.9. The molecule has 2 aromatic rings. The number of hydrogen-bond donors (Lipinski definition) is 0. The molecule has 0 radical (unpaired) electrons. The van der Waals surface area contributed by atoms with Crippen molar-refractivity contribution in [3.05, 3.63) is 75.8 Å². The second-order valence-corrected chi connectivity index (χ2v) is 4.85. The molecule has 2 nitrogen and oxygen atoms in total. The molecule has 0 bridgehead atoms. The summed E-state index contributed by atoms with van der Waals surface area (Å²) in [5.41, 5.74) is 2.09. The highest BCUT2D eigenvalue weighted by Gasteiger charge is 2.01. The van der Waals surface area contributed by atoms with E-state index < -0.39 is 0 Å². The minimum absolute atomic E-state index is 0.0765. The largest absolute Gasteiger partial charge is 0.289 e. The molecule has 0 fully saturated rings. The number of rotatable bonds is 3. The molecule has 0 saturated heterocycles. The third-order valence-electron chi connectivity index (χ3n) is 2.60. The molecule has 0 aliphatic rings. The van der Waals surface area contributed by atoms with E-state index in [0.29, 0.717) is 11.1 Å². The first-order chi connectivity index (χ1) is 9.19. The topological polar surface area (TPSA) is 40.9 Å². The van der Waals surface area contributed by atoms with E-state index in [1.807, 2.05) is 30.3 Å². The molecule has 0 aromatic heterocycles. The van der Waals surface area contributed by atoms with Crippen molar-refractivity contribution in [2.75, 3.05) is 0 Å². The summed E-state index contributed by atoms with van der Waals surface area (Å²) in [6, 6.07) is 16.3. The number of nitriles is 1. The fourth-order valence-electron chi connectivity index (χ4n) is 1.55. The van der Waals surface area contributed by atoms with E-state index in [-0.39, 0.29) is 5.78 Å². The average molecular weight is 312 g/mol. The molecule has 3 heteroatoms. The highest BCUT2D eigenvalue weighted by Crippen LogP contribution is 2.12. The van der Waals surface area contributed by atoms with E-state index >= 15 is 0 Å². The van der Waals surface area contributed by atoms with E-state index in [2.05, 4.69) is 15.9 Å². The van der Waals surface area contributed by atoms with Gasteiger partial charge in [0, 0.05) is 10.0 Å². The third kappa shape index (κ3) is 3.64. The van der Waals surface area contributed by atoms with Crippen LogP contribution in [0.2, 0.25) is 0 Å². The smallest absolute Gasteiger partial charge is 0.185 e. The van der Waals surface area contributed by atoms with Gasteiger partial charge < -0.3 is 0 Å². The van der Waals surface area contributed by atoms with Crippen LogP contribution in [0, 0.1) is 11.3 Å². The summed E-state index contributed by atoms with van der Waals surface area (Å²) < 4.78 is 1.00. The van der Waals surface area contributed by atoms with Gasteiger partial charge in [0.1, 0.15) is 0 Å². The molecule has 0 amide bonds. The average Bonchev–Trinajstić information content (AvgIpc) is 2.46. The lowest BCUT2D eigenvalue weighted by atomic mass is 10.1. The molecular weight excluding hydrogens is 302 g/mol. The van der Waals surface area contributed by atoms with Crippen molar-refractivity contribution in [3.63, 3.8) is 0 Å². The summed E-state index contributed by atoms with van der Waals surface area (Å²) in [5.74, 6) is -0.0765. The lowest BCUT2D eigenvalue weighted by molar-refractivity contribution is 0.104. The first-order valence-corrected chi connectivity index (χ1v) is 6.46. The maximum Gasteiger partial charge on any atom is 0.185 e. The van der Waals surface area contributed by atoms with Crippen LogP contribution in [-0.4, -0.2) is 5.78 Å². The highest BCUT2D eigenvalue weighted by molar-refractivity contribution is 9.10. The molecule has 0 heterocycles. The van der Waals surface area contributed by atoms with Crippen molar-refractivity contribution in [2.24, 2.45) is 0 Å². The van der Waals surface area contributed by atoms with Crippen LogP contribution in [0.15, 0.2) is 59.1 Å². The monoisotopic (exact) mass is 311 g/mol. The van der Waals surface area contributed by atoms with Crippen molar-refractivity contribution in [1.29, 1.82) is 5.26 Å². The second kappa shape index (κ2) is 6.12. The van der Waals surface area contributed by atoms with Crippen LogP contribution >= 0.6 is 15.9 Å². The zero-order valence-electron chi connectivity index (χ0n) is 10.0. The quantitative estimate of drug-likeness (QED) is 0.629. The van der Waals surface area contributed by atoms with Crippen LogP contribution in [0.5, 0.6) is 0 Å².